The summed E-state index contributed by atoms with van der Waals surface area (Å²) in [5.41, 5.74) is -0.675. The lowest BCUT2D eigenvalue weighted by atomic mass is 10.1. The molecule has 8 nitrogen and oxygen atoms in total. The number of nitrogens with one attached hydrogen (secondary N) is 1. The van der Waals surface area contributed by atoms with Crippen LogP contribution >= 0.6 is 0 Å². The van der Waals surface area contributed by atoms with E-state index in [1.165, 1.54) is 23.4 Å². The lowest BCUT2D eigenvalue weighted by molar-refractivity contribution is -0.384. The summed E-state index contributed by atoms with van der Waals surface area (Å²) in [4.78, 5) is 28.8. The summed E-state index contributed by atoms with van der Waals surface area (Å²) in [5.74, 6) is 0. The molecule has 1 aromatic rings. The molecule has 2 rings (SSSR count). The minimum atomic E-state index is -0.686. The van der Waals surface area contributed by atoms with Gasteiger partial charge in [-0.05, 0) is 40.2 Å². The molecule has 23 heavy (non-hydrogen) atoms. The van der Waals surface area contributed by atoms with Gasteiger partial charge in [0.15, 0.2) is 0 Å². The molecule has 0 radical (unpaired) electrons. The van der Waals surface area contributed by atoms with Crippen LogP contribution in [0.3, 0.4) is 0 Å². The first-order chi connectivity index (χ1) is 10.8. The number of piperidine rings is 1. The summed E-state index contributed by atoms with van der Waals surface area (Å²) in [6, 6.07) is 1.09. The molecule has 1 aliphatic heterocycles. The van der Waals surface area contributed by atoms with Gasteiger partial charge in [0.25, 0.3) is 5.69 Å². The topological polar surface area (TPSA) is 97.6 Å². The Hall–Kier alpha value is -2.22. The van der Waals surface area contributed by atoms with Gasteiger partial charge < -0.3 is 10.1 Å². The maximum absolute atomic E-state index is 12.7. The summed E-state index contributed by atoms with van der Waals surface area (Å²) in [7, 11) is 0. The van der Waals surface area contributed by atoms with E-state index in [2.05, 4.69) is 10.3 Å². The molecule has 1 aromatic heterocycles. The number of nitrogens with zero attached hydrogens (tertiary/aromatic N) is 3. The third-order valence-corrected chi connectivity index (χ3v) is 3.46. The highest BCUT2D eigenvalue weighted by atomic mass is 16.6. The predicted octanol–water partition coefficient (Wildman–Crippen LogP) is 2.48. The van der Waals surface area contributed by atoms with Crippen LogP contribution in [0.4, 0.5) is 16.2 Å². The first-order valence-electron chi connectivity index (χ1n) is 7.61. The SMILES string of the molecule is CC(C)(C)OC(=O)N(c1cnccc1[N+](=O)[O-])C1CCCNC1. The van der Waals surface area contributed by atoms with Crippen molar-refractivity contribution in [3.63, 3.8) is 0 Å². The average Bonchev–Trinajstić information content (AvgIpc) is 2.47. The van der Waals surface area contributed by atoms with Crippen LogP contribution in [0.1, 0.15) is 33.6 Å². The molecule has 2 heterocycles. The molecule has 0 spiro atoms. The van der Waals surface area contributed by atoms with E-state index < -0.39 is 16.6 Å². The molecule has 126 valence electrons. The van der Waals surface area contributed by atoms with E-state index in [-0.39, 0.29) is 17.4 Å². The number of hydrogen-bond acceptors (Lipinski definition) is 6. The van der Waals surface area contributed by atoms with Gasteiger partial charge in [-0.15, -0.1) is 0 Å². The zero-order chi connectivity index (χ0) is 17.0. The van der Waals surface area contributed by atoms with Crippen molar-refractivity contribution >= 4 is 17.5 Å². The fourth-order valence-corrected chi connectivity index (χ4v) is 2.53. The van der Waals surface area contributed by atoms with Crippen molar-refractivity contribution in [2.75, 3.05) is 18.0 Å². The van der Waals surface area contributed by atoms with Crippen LogP contribution < -0.4 is 10.2 Å². The quantitative estimate of drug-likeness (QED) is 0.678. The van der Waals surface area contributed by atoms with E-state index in [1.807, 2.05) is 0 Å². The van der Waals surface area contributed by atoms with Gasteiger partial charge >= 0.3 is 6.09 Å². The first-order valence-corrected chi connectivity index (χ1v) is 7.61. The van der Waals surface area contributed by atoms with Crippen LogP contribution in [0, 0.1) is 10.1 Å². The van der Waals surface area contributed by atoms with Crippen LogP contribution in [-0.4, -0.2) is 40.7 Å². The first kappa shape index (κ1) is 17.1. The van der Waals surface area contributed by atoms with Crippen LogP contribution in [0.2, 0.25) is 0 Å². The molecule has 1 N–H and O–H groups in total. The second-order valence-electron chi connectivity index (χ2n) is 6.47. The zero-order valence-electron chi connectivity index (χ0n) is 13.6. The Kier molecular flexibility index (Phi) is 5.15. The van der Waals surface area contributed by atoms with Gasteiger partial charge in [-0.25, -0.2) is 4.79 Å². The Morgan fingerprint density at radius 1 is 1.52 bits per heavy atom. The number of hydrogen-bond donors (Lipinski definition) is 1. The van der Waals surface area contributed by atoms with Crippen molar-refractivity contribution in [3.8, 4) is 0 Å². The Bertz CT molecular complexity index is 579. The van der Waals surface area contributed by atoms with E-state index in [4.69, 9.17) is 4.74 Å². The minimum absolute atomic E-state index is 0.156. The van der Waals surface area contributed by atoms with Gasteiger partial charge in [0.05, 0.1) is 17.2 Å². The van der Waals surface area contributed by atoms with Crippen LogP contribution in [0.15, 0.2) is 18.5 Å². The predicted molar refractivity (Wildman–Crippen MR) is 85.5 cm³/mol. The zero-order valence-corrected chi connectivity index (χ0v) is 13.6. The number of carbonyl (C=O) groups excluding carboxylic acids is 1. The fraction of sp³-hybridized carbons (Fsp3) is 0.600. The number of nitro groups is 1. The summed E-state index contributed by atoms with van der Waals surface area (Å²) in [5, 5.41) is 14.5. The Labute approximate surface area is 135 Å². The van der Waals surface area contributed by atoms with Crippen molar-refractivity contribution in [1.29, 1.82) is 0 Å². The smallest absolute Gasteiger partial charge is 0.415 e. The van der Waals surface area contributed by atoms with E-state index in [0.717, 1.165) is 19.4 Å². The minimum Gasteiger partial charge on any atom is -0.443 e. The molecular weight excluding hydrogens is 300 g/mol. The molecule has 0 aromatic carbocycles. The highest BCUT2D eigenvalue weighted by molar-refractivity contribution is 5.91. The molecule has 0 bridgehead atoms. The van der Waals surface area contributed by atoms with Crippen molar-refractivity contribution in [1.82, 2.24) is 10.3 Å². The lowest BCUT2D eigenvalue weighted by Crippen LogP contribution is -2.50. The Morgan fingerprint density at radius 3 is 2.83 bits per heavy atom. The summed E-state index contributed by atoms with van der Waals surface area (Å²) < 4.78 is 5.45. The van der Waals surface area contributed by atoms with Crippen LogP contribution in [-0.2, 0) is 4.74 Å². The maximum Gasteiger partial charge on any atom is 0.415 e. The molecule has 1 saturated heterocycles. The van der Waals surface area contributed by atoms with Gasteiger partial charge in [0.1, 0.15) is 11.3 Å². The van der Waals surface area contributed by atoms with Crippen molar-refractivity contribution in [2.45, 2.75) is 45.3 Å². The number of ether oxygens (including phenoxy) is 1. The van der Waals surface area contributed by atoms with Gasteiger partial charge in [-0.2, -0.15) is 0 Å². The molecule has 1 aliphatic rings. The molecule has 1 amide bonds. The van der Waals surface area contributed by atoms with Crippen LogP contribution in [0.5, 0.6) is 0 Å². The largest absolute Gasteiger partial charge is 0.443 e. The average molecular weight is 322 g/mol. The molecule has 8 heteroatoms. The van der Waals surface area contributed by atoms with Crippen molar-refractivity contribution in [2.24, 2.45) is 0 Å². The summed E-state index contributed by atoms with van der Waals surface area (Å²) in [6.45, 7) is 6.72. The fourth-order valence-electron chi connectivity index (χ4n) is 2.53. The molecular formula is C15H22N4O4. The summed E-state index contributed by atoms with van der Waals surface area (Å²) in [6.07, 6.45) is 3.73. The number of pyridine rings is 1. The van der Waals surface area contributed by atoms with E-state index in [1.54, 1.807) is 20.8 Å². The van der Waals surface area contributed by atoms with E-state index in [0.29, 0.717) is 6.54 Å². The number of amides is 1. The van der Waals surface area contributed by atoms with Gasteiger partial charge in [0.2, 0.25) is 0 Å². The number of anilines is 1. The highest BCUT2D eigenvalue weighted by Crippen LogP contribution is 2.31. The van der Waals surface area contributed by atoms with E-state index >= 15 is 0 Å². The molecule has 1 atom stereocenters. The lowest BCUT2D eigenvalue weighted by Gasteiger charge is -2.35. The number of aromatic nitrogens is 1. The second-order valence-corrected chi connectivity index (χ2v) is 6.47. The highest BCUT2D eigenvalue weighted by Gasteiger charge is 2.34. The van der Waals surface area contributed by atoms with Crippen molar-refractivity contribution in [3.05, 3.63) is 28.6 Å². The third-order valence-electron chi connectivity index (χ3n) is 3.46. The Balaban J connectivity index is 2.41. The Morgan fingerprint density at radius 2 is 2.26 bits per heavy atom. The third kappa shape index (κ3) is 4.38. The van der Waals surface area contributed by atoms with Gasteiger partial charge in [-0.1, -0.05) is 0 Å². The molecule has 0 aliphatic carbocycles. The normalized spacial score (nSPS) is 18.3. The van der Waals surface area contributed by atoms with Crippen molar-refractivity contribution < 1.29 is 14.5 Å². The number of carbonyl (C=O) groups is 1. The molecule has 1 unspecified atom stereocenters. The molecule has 1 fully saturated rings. The van der Waals surface area contributed by atoms with Gasteiger partial charge in [0, 0.05) is 18.8 Å². The summed E-state index contributed by atoms with van der Waals surface area (Å²) >= 11 is 0. The monoisotopic (exact) mass is 322 g/mol. The van der Waals surface area contributed by atoms with Gasteiger partial charge in [-0.3, -0.25) is 20.0 Å². The van der Waals surface area contributed by atoms with E-state index in [9.17, 15) is 14.9 Å². The number of rotatable bonds is 3. The second kappa shape index (κ2) is 6.91. The molecule has 0 saturated carbocycles. The van der Waals surface area contributed by atoms with Crippen LogP contribution in [0.25, 0.3) is 0 Å². The standard InChI is InChI=1S/C15H22N4O4/c1-15(2,3)23-14(20)18(11-5-4-7-16-9-11)13-10-17-8-6-12(13)19(21)22/h6,8,10-11,16H,4-5,7,9H2,1-3H3. The maximum atomic E-state index is 12.7.